The molecule has 0 fully saturated rings. The molecule has 10 heteroatoms. The molecule has 0 amide bonds. The van der Waals surface area contributed by atoms with Gasteiger partial charge < -0.3 is 4.74 Å². The lowest BCUT2D eigenvalue weighted by Gasteiger charge is -2.31. The monoisotopic (exact) mass is 386 g/mol. The highest BCUT2D eigenvalue weighted by Gasteiger charge is 2.63. The highest BCUT2D eigenvalue weighted by molar-refractivity contribution is 8.00. The minimum Gasteiger partial charge on any atom is -0.426 e. The minimum atomic E-state index is -4.64. The zero-order valence-corrected chi connectivity index (χ0v) is 13.7. The van der Waals surface area contributed by atoms with Gasteiger partial charge in [-0.05, 0) is 36.0 Å². The van der Waals surface area contributed by atoms with Gasteiger partial charge in [-0.1, -0.05) is 0 Å². The number of aromatic nitrogens is 2. The molecule has 5 nitrogen and oxygen atoms in total. The molecule has 26 heavy (non-hydrogen) atoms. The summed E-state index contributed by atoms with van der Waals surface area (Å²) >= 11 is -0.369. The van der Waals surface area contributed by atoms with Crippen LogP contribution in [0.2, 0.25) is 0 Å². The van der Waals surface area contributed by atoms with E-state index in [-0.39, 0.29) is 40.8 Å². The third kappa shape index (κ3) is 3.55. The van der Waals surface area contributed by atoms with E-state index in [1.807, 2.05) is 0 Å². The van der Waals surface area contributed by atoms with Crippen molar-refractivity contribution < 1.29 is 31.9 Å². The van der Waals surface area contributed by atoms with Gasteiger partial charge in [0.05, 0.1) is 17.3 Å². The van der Waals surface area contributed by atoms with Crippen LogP contribution >= 0.6 is 11.8 Å². The first-order chi connectivity index (χ1) is 12.2. The molecule has 1 aromatic heterocycles. The van der Waals surface area contributed by atoms with Crippen LogP contribution in [0.5, 0.6) is 5.75 Å². The van der Waals surface area contributed by atoms with Crippen LogP contribution in [0.3, 0.4) is 0 Å². The predicted octanol–water partition coefficient (Wildman–Crippen LogP) is 3.99. The highest BCUT2D eigenvalue weighted by atomic mass is 32.2. The molecule has 1 aromatic carbocycles. The molecule has 0 radical (unpaired) electrons. The summed E-state index contributed by atoms with van der Waals surface area (Å²) in [7, 11) is 0. The normalized spacial score (nSPS) is 17.1. The predicted molar refractivity (Wildman–Crippen MR) is 82.7 cm³/mol. The number of carbonyl (C=O) groups is 2. The van der Waals surface area contributed by atoms with Crippen LogP contribution in [0, 0.1) is 0 Å². The largest absolute Gasteiger partial charge is 0.475 e. The number of nitrogens with zero attached hydrogens (tertiary/aromatic N) is 2. The van der Waals surface area contributed by atoms with Gasteiger partial charge in [0.1, 0.15) is 5.75 Å². The number of ketones is 2. The Morgan fingerprint density at radius 2 is 1.69 bits per heavy atom. The van der Waals surface area contributed by atoms with E-state index in [1.165, 1.54) is 24.5 Å². The van der Waals surface area contributed by atoms with E-state index < -0.39 is 22.9 Å². The van der Waals surface area contributed by atoms with Crippen molar-refractivity contribution in [3.05, 3.63) is 47.8 Å². The number of thioether (sulfide) groups is 1. The molecule has 3 rings (SSSR count). The Morgan fingerprint density at radius 1 is 1.00 bits per heavy atom. The summed E-state index contributed by atoms with van der Waals surface area (Å²) in [6, 6.07) is 4.74. The number of hydrogen-bond acceptors (Lipinski definition) is 6. The Bertz CT molecular complexity index is 862. The maximum Gasteiger partial charge on any atom is 0.475 e. The number of Topliss-reactive ketones (excluding diaryl/α,β-unsaturated/α-hetero) is 2. The maximum atomic E-state index is 13.4. The van der Waals surface area contributed by atoms with Crippen LogP contribution in [0.4, 0.5) is 17.6 Å². The fourth-order valence-corrected chi connectivity index (χ4v) is 3.04. The van der Waals surface area contributed by atoms with Gasteiger partial charge in [0.25, 0.3) is 0 Å². The second kappa shape index (κ2) is 6.67. The summed E-state index contributed by atoms with van der Waals surface area (Å²) < 4.78 is 57.2. The molecular weight excluding hydrogens is 376 g/mol. The second-order valence-electron chi connectivity index (χ2n) is 5.38. The molecule has 1 aliphatic heterocycles. The van der Waals surface area contributed by atoms with Crippen LogP contribution in [0.15, 0.2) is 41.6 Å². The number of alkyl halides is 4. The van der Waals surface area contributed by atoms with Crippen LogP contribution in [-0.4, -0.2) is 33.1 Å². The molecule has 0 unspecified atom stereocenters. The average Bonchev–Trinajstić information content (AvgIpc) is 2.60. The smallest absolute Gasteiger partial charge is 0.426 e. The number of fused-ring (bicyclic) bond motifs is 1. The van der Waals surface area contributed by atoms with Crippen molar-refractivity contribution in [3.63, 3.8) is 0 Å². The molecule has 2 aromatic rings. The average molecular weight is 386 g/mol. The van der Waals surface area contributed by atoms with Crippen LogP contribution in [0.25, 0.3) is 0 Å². The summed E-state index contributed by atoms with van der Waals surface area (Å²) in [4.78, 5) is 23.9. The molecule has 0 saturated heterocycles. The summed E-state index contributed by atoms with van der Waals surface area (Å²) in [5.74, 6) is -1.24. The van der Waals surface area contributed by atoms with E-state index in [4.69, 9.17) is 0 Å². The van der Waals surface area contributed by atoms with Crippen molar-refractivity contribution >= 4 is 23.3 Å². The molecule has 0 N–H and O–H groups in total. The van der Waals surface area contributed by atoms with Gasteiger partial charge in [0, 0.05) is 24.0 Å². The van der Waals surface area contributed by atoms with E-state index in [0.717, 1.165) is 12.1 Å². The van der Waals surface area contributed by atoms with Gasteiger partial charge in [0.15, 0.2) is 11.6 Å². The Morgan fingerprint density at radius 3 is 2.35 bits per heavy atom. The fraction of sp³-hybridized carbons (Fsp3) is 0.250. The van der Waals surface area contributed by atoms with E-state index in [0.29, 0.717) is 5.56 Å². The molecule has 136 valence electrons. The minimum absolute atomic E-state index is 0.0292. The first-order valence-electron chi connectivity index (χ1n) is 7.30. The Balaban J connectivity index is 1.71. The third-order valence-electron chi connectivity index (χ3n) is 3.57. The van der Waals surface area contributed by atoms with Crippen LogP contribution < -0.4 is 4.74 Å². The SMILES string of the molecule is O=C(CCC(=O)c1ccc2c(c1)SC(F)(F)C(F)(F)O2)c1ccnnc1. The molecular formula is C16H10F4N2O3S. The van der Waals surface area contributed by atoms with E-state index in [2.05, 4.69) is 14.9 Å². The number of rotatable bonds is 5. The first kappa shape index (κ1) is 18.3. The van der Waals surface area contributed by atoms with Crippen LogP contribution in [-0.2, 0) is 0 Å². The lowest BCUT2D eigenvalue weighted by molar-refractivity contribution is -0.273. The van der Waals surface area contributed by atoms with Crippen molar-refractivity contribution in [2.24, 2.45) is 0 Å². The van der Waals surface area contributed by atoms with E-state index in [9.17, 15) is 27.2 Å². The molecule has 0 aliphatic carbocycles. The van der Waals surface area contributed by atoms with Crippen molar-refractivity contribution in [1.29, 1.82) is 0 Å². The molecule has 1 aliphatic rings. The Kier molecular flexibility index (Phi) is 4.70. The van der Waals surface area contributed by atoms with Gasteiger partial charge in [0.2, 0.25) is 0 Å². The summed E-state index contributed by atoms with van der Waals surface area (Å²) in [6.07, 6.45) is -2.31. The number of hydrogen-bond donors (Lipinski definition) is 0. The Hall–Kier alpha value is -2.49. The molecule has 0 atom stereocenters. The molecule has 0 bridgehead atoms. The van der Waals surface area contributed by atoms with Gasteiger partial charge in [-0.15, -0.1) is 0 Å². The Labute approximate surface area is 148 Å². The highest BCUT2D eigenvalue weighted by Crippen LogP contribution is 2.54. The van der Waals surface area contributed by atoms with E-state index >= 15 is 0 Å². The lowest BCUT2D eigenvalue weighted by atomic mass is 10.0. The topological polar surface area (TPSA) is 69.2 Å². The lowest BCUT2D eigenvalue weighted by Crippen LogP contribution is -2.45. The van der Waals surface area contributed by atoms with Crippen molar-refractivity contribution in [3.8, 4) is 5.75 Å². The summed E-state index contributed by atoms with van der Waals surface area (Å²) in [5, 5.41) is 2.64. The van der Waals surface area contributed by atoms with Crippen LogP contribution in [0.1, 0.15) is 33.6 Å². The molecule has 0 saturated carbocycles. The summed E-state index contributed by atoms with van der Waals surface area (Å²) in [6.45, 7) is 0. The molecule has 0 spiro atoms. The number of ether oxygens (including phenoxy) is 1. The van der Waals surface area contributed by atoms with Gasteiger partial charge >= 0.3 is 11.4 Å². The van der Waals surface area contributed by atoms with Gasteiger partial charge in [-0.25, -0.2) is 0 Å². The zero-order valence-electron chi connectivity index (χ0n) is 12.9. The van der Waals surface area contributed by atoms with Gasteiger partial charge in [-0.3, -0.25) is 9.59 Å². The number of halogens is 4. The van der Waals surface area contributed by atoms with Crippen molar-refractivity contribution in [2.75, 3.05) is 0 Å². The maximum absolute atomic E-state index is 13.4. The van der Waals surface area contributed by atoms with E-state index in [1.54, 1.807) is 0 Å². The van der Waals surface area contributed by atoms with Crippen molar-refractivity contribution in [1.82, 2.24) is 10.2 Å². The number of carbonyl (C=O) groups excluding carboxylic acids is 2. The van der Waals surface area contributed by atoms with Gasteiger partial charge in [-0.2, -0.15) is 27.8 Å². The second-order valence-corrected chi connectivity index (χ2v) is 6.53. The third-order valence-corrected chi connectivity index (χ3v) is 4.60. The quantitative estimate of drug-likeness (QED) is 0.572. The standard InChI is InChI=1S/C16H10F4N2O3S/c17-15(18)16(19,20)26-14-7-9(1-4-13(14)25-15)11(23)2-3-12(24)10-5-6-21-22-8-10/h1,4-8H,2-3H2. The molecule has 2 heterocycles. The fourth-order valence-electron chi connectivity index (χ4n) is 2.21. The van der Waals surface area contributed by atoms with Crippen molar-refractivity contribution in [2.45, 2.75) is 29.1 Å². The number of benzene rings is 1. The summed E-state index contributed by atoms with van der Waals surface area (Å²) in [5.41, 5.74) is 0.325. The zero-order chi connectivity index (χ0) is 18.9. The first-order valence-corrected chi connectivity index (χ1v) is 8.12.